The Morgan fingerprint density at radius 1 is 1.36 bits per heavy atom. The molecule has 1 nitrogen and oxygen atoms in total. The van der Waals surface area contributed by atoms with Gasteiger partial charge in [-0.05, 0) is 49.6 Å². The van der Waals surface area contributed by atoms with Crippen molar-refractivity contribution >= 4 is 16.8 Å². The van der Waals surface area contributed by atoms with Gasteiger partial charge in [-0.25, -0.2) is 0 Å². The van der Waals surface area contributed by atoms with E-state index in [2.05, 4.69) is 19.9 Å². The normalized spacial score (nSPS) is 33.1. The number of carbonyl (C=O) groups excluding carboxylic acids is 1. The molecule has 0 aromatic carbocycles. The maximum absolute atomic E-state index is 11.3. The maximum atomic E-state index is 11.3. The summed E-state index contributed by atoms with van der Waals surface area (Å²) in [6.45, 7) is 4.19. The molecule has 2 fully saturated rings. The van der Waals surface area contributed by atoms with Crippen LogP contribution in [0.2, 0.25) is 0 Å². The molecule has 2 aliphatic rings. The SMILES string of the molecule is CC(C)=CC1C(C(=O)Cl)C12CCCC2. The predicted molar refractivity (Wildman–Crippen MR) is 58.2 cm³/mol. The van der Waals surface area contributed by atoms with Crippen LogP contribution in [0.3, 0.4) is 0 Å². The Labute approximate surface area is 90.5 Å². The highest BCUT2D eigenvalue weighted by atomic mass is 35.5. The van der Waals surface area contributed by atoms with Crippen LogP contribution in [0.15, 0.2) is 11.6 Å². The van der Waals surface area contributed by atoms with Gasteiger partial charge >= 0.3 is 0 Å². The summed E-state index contributed by atoms with van der Waals surface area (Å²) in [4.78, 5) is 11.3. The van der Waals surface area contributed by atoms with E-state index >= 15 is 0 Å². The van der Waals surface area contributed by atoms with Crippen LogP contribution in [0.25, 0.3) is 0 Å². The predicted octanol–water partition coefficient (Wildman–Crippen LogP) is 3.52. The van der Waals surface area contributed by atoms with E-state index in [1.807, 2.05) is 0 Å². The minimum absolute atomic E-state index is 0.116. The minimum atomic E-state index is -0.116. The molecule has 2 rings (SSSR count). The lowest BCUT2D eigenvalue weighted by atomic mass is 10.00. The Hall–Kier alpha value is -0.300. The molecule has 0 N–H and O–H groups in total. The lowest BCUT2D eigenvalue weighted by Gasteiger charge is -2.05. The summed E-state index contributed by atoms with van der Waals surface area (Å²) in [6.07, 6.45) is 7.19. The van der Waals surface area contributed by atoms with E-state index in [0.29, 0.717) is 5.92 Å². The third-order valence-corrected chi connectivity index (χ3v) is 4.06. The summed E-state index contributed by atoms with van der Waals surface area (Å²) in [5, 5.41) is -0.116. The molecular formula is C12H17ClO. The summed E-state index contributed by atoms with van der Waals surface area (Å²) in [7, 11) is 0. The summed E-state index contributed by atoms with van der Waals surface area (Å²) in [6, 6.07) is 0. The van der Waals surface area contributed by atoms with Crippen LogP contribution in [0.4, 0.5) is 0 Å². The molecule has 2 aliphatic carbocycles. The standard InChI is InChI=1S/C12H17ClO/c1-8(2)7-9-10(11(13)14)12(9)5-3-4-6-12/h7,9-10H,3-6H2,1-2H3. The van der Waals surface area contributed by atoms with Crippen molar-refractivity contribution in [3.05, 3.63) is 11.6 Å². The Morgan fingerprint density at radius 2 is 1.93 bits per heavy atom. The van der Waals surface area contributed by atoms with E-state index in [1.165, 1.54) is 31.3 Å². The Kier molecular flexibility index (Phi) is 2.46. The van der Waals surface area contributed by atoms with E-state index < -0.39 is 0 Å². The molecule has 2 heteroatoms. The smallest absolute Gasteiger partial charge is 0.225 e. The molecule has 0 radical (unpaired) electrons. The van der Waals surface area contributed by atoms with Gasteiger partial charge in [0.15, 0.2) is 0 Å². The van der Waals surface area contributed by atoms with Crippen molar-refractivity contribution in [3.8, 4) is 0 Å². The summed E-state index contributed by atoms with van der Waals surface area (Å²) >= 11 is 5.65. The van der Waals surface area contributed by atoms with Gasteiger partial charge in [0.05, 0.1) is 0 Å². The van der Waals surface area contributed by atoms with Crippen LogP contribution in [-0.4, -0.2) is 5.24 Å². The second-order valence-electron chi connectivity index (χ2n) is 4.99. The molecule has 14 heavy (non-hydrogen) atoms. The zero-order valence-electron chi connectivity index (χ0n) is 8.85. The van der Waals surface area contributed by atoms with E-state index in [0.717, 1.165) is 0 Å². The summed E-state index contributed by atoms with van der Waals surface area (Å²) in [5.41, 5.74) is 1.58. The fourth-order valence-corrected chi connectivity index (χ4v) is 3.54. The van der Waals surface area contributed by atoms with Gasteiger partial charge < -0.3 is 0 Å². The molecule has 78 valence electrons. The number of halogens is 1. The van der Waals surface area contributed by atoms with Gasteiger partial charge in [0.1, 0.15) is 0 Å². The molecule has 1 spiro atoms. The Bertz CT molecular complexity index is 283. The first-order chi connectivity index (χ1) is 6.58. The maximum Gasteiger partial charge on any atom is 0.225 e. The molecule has 2 unspecified atom stereocenters. The lowest BCUT2D eigenvalue weighted by molar-refractivity contribution is -0.113. The Balaban J connectivity index is 2.18. The summed E-state index contributed by atoms with van der Waals surface area (Å²) < 4.78 is 0. The fraction of sp³-hybridized carbons (Fsp3) is 0.750. The van der Waals surface area contributed by atoms with E-state index in [4.69, 9.17) is 11.6 Å². The second kappa shape index (κ2) is 3.37. The van der Waals surface area contributed by atoms with Crippen molar-refractivity contribution in [2.75, 3.05) is 0 Å². The first kappa shape index (κ1) is 10.2. The molecule has 0 heterocycles. The van der Waals surface area contributed by atoms with E-state index in [1.54, 1.807) is 0 Å². The topological polar surface area (TPSA) is 17.1 Å². The number of carbonyl (C=O) groups is 1. The van der Waals surface area contributed by atoms with Gasteiger partial charge in [0.25, 0.3) is 0 Å². The Morgan fingerprint density at radius 3 is 2.36 bits per heavy atom. The van der Waals surface area contributed by atoms with Gasteiger partial charge in [-0.3, -0.25) is 4.79 Å². The second-order valence-corrected chi connectivity index (χ2v) is 5.36. The van der Waals surface area contributed by atoms with Crippen molar-refractivity contribution in [2.45, 2.75) is 39.5 Å². The molecule has 2 saturated carbocycles. The van der Waals surface area contributed by atoms with Crippen LogP contribution in [0, 0.1) is 17.3 Å². The fourth-order valence-electron chi connectivity index (χ4n) is 3.19. The molecule has 0 amide bonds. The molecule has 0 bridgehead atoms. The first-order valence-electron chi connectivity index (χ1n) is 5.42. The number of allylic oxidation sites excluding steroid dienone is 2. The highest BCUT2D eigenvalue weighted by molar-refractivity contribution is 6.64. The third-order valence-electron chi connectivity index (χ3n) is 3.83. The quantitative estimate of drug-likeness (QED) is 0.506. The van der Waals surface area contributed by atoms with Crippen LogP contribution >= 0.6 is 11.6 Å². The first-order valence-corrected chi connectivity index (χ1v) is 5.80. The number of rotatable bonds is 2. The average molecular weight is 213 g/mol. The number of hydrogen-bond donors (Lipinski definition) is 0. The van der Waals surface area contributed by atoms with Crippen molar-refractivity contribution in [1.82, 2.24) is 0 Å². The molecule has 0 aliphatic heterocycles. The van der Waals surface area contributed by atoms with Gasteiger partial charge in [-0.15, -0.1) is 0 Å². The molecular weight excluding hydrogens is 196 g/mol. The monoisotopic (exact) mass is 212 g/mol. The molecule has 0 aromatic rings. The van der Waals surface area contributed by atoms with Crippen molar-refractivity contribution in [2.24, 2.45) is 17.3 Å². The third kappa shape index (κ3) is 1.42. The highest BCUT2D eigenvalue weighted by Gasteiger charge is 2.66. The van der Waals surface area contributed by atoms with Crippen LogP contribution < -0.4 is 0 Å². The zero-order chi connectivity index (χ0) is 10.3. The molecule has 2 atom stereocenters. The van der Waals surface area contributed by atoms with E-state index in [-0.39, 0.29) is 16.6 Å². The van der Waals surface area contributed by atoms with Crippen molar-refractivity contribution < 1.29 is 4.79 Å². The van der Waals surface area contributed by atoms with Crippen LogP contribution in [0.5, 0.6) is 0 Å². The average Bonchev–Trinajstić information content (AvgIpc) is 2.48. The lowest BCUT2D eigenvalue weighted by Crippen LogP contribution is -2.01. The van der Waals surface area contributed by atoms with Crippen molar-refractivity contribution in [1.29, 1.82) is 0 Å². The van der Waals surface area contributed by atoms with Gasteiger partial charge in [-0.2, -0.15) is 0 Å². The van der Waals surface area contributed by atoms with Crippen molar-refractivity contribution in [3.63, 3.8) is 0 Å². The highest BCUT2D eigenvalue weighted by Crippen LogP contribution is 2.68. The molecule has 0 aromatic heterocycles. The minimum Gasteiger partial charge on any atom is -0.281 e. The number of hydrogen-bond acceptors (Lipinski definition) is 1. The van der Waals surface area contributed by atoms with Gasteiger partial charge in [-0.1, -0.05) is 24.5 Å². The van der Waals surface area contributed by atoms with Crippen LogP contribution in [0.1, 0.15) is 39.5 Å². The van der Waals surface area contributed by atoms with Gasteiger partial charge in [0.2, 0.25) is 5.24 Å². The summed E-state index contributed by atoms with van der Waals surface area (Å²) in [5.74, 6) is 0.571. The van der Waals surface area contributed by atoms with Gasteiger partial charge in [0, 0.05) is 5.92 Å². The largest absolute Gasteiger partial charge is 0.281 e. The van der Waals surface area contributed by atoms with Crippen LogP contribution in [-0.2, 0) is 4.79 Å². The zero-order valence-corrected chi connectivity index (χ0v) is 9.60. The van der Waals surface area contributed by atoms with E-state index in [9.17, 15) is 4.79 Å². The molecule has 0 saturated heterocycles.